The number of rotatable bonds is 2. The number of carbonyl (C=O) groups is 1. The summed E-state index contributed by atoms with van der Waals surface area (Å²) < 4.78 is 1.81. The van der Waals surface area contributed by atoms with Crippen molar-refractivity contribution in [3.8, 4) is 5.69 Å². The number of thiophene rings is 1. The first kappa shape index (κ1) is 14.1. The van der Waals surface area contributed by atoms with Crippen LogP contribution >= 0.6 is 22.9 Å². The number of carbonyl (C=O) groups excluding carboxylic acids is 1. The highest BCUT2D eigenvalue weighted by Crippen LogP contribution is 2.32. The highest BCUT2D eigenvalue weighted by molar-refractivity contribution is 7.20. The topological polar surface area (TPSA) is 38.1 Å². The van der Waals surface area contributed by atoms with Crippen molar-refractivity contribution in [2.75, 3.05) is 14.1 Å². The van der Waals surface area contributed by atoms with E-state index in [4.69, 9.17) is 11.6 Å². The van der Waals surface area contributed by atoms with E-state index in [0.717, 1.165) is 21.6 Å². The fourth-order valence-corrected chi connectivity index (χ4v) is 3.57. The predicted octanol–water partition coefficient (Wildman–Crippen LogP) is 3.75. The van der Waals surface area contributed by atoms with Gasteiger partial charge in [0.2, 0.25) is 0 Å². The second kappa shape index (κ2) is 5.16. The van der Waals surface area contributed by atoms with Crippen LogP contribution in [0.1, 0.15) is 15.4 Å². The maximum atomic E-state index is 12.1. The van der Waals surface area contributed by atoms with Crippen LogP contribution in [0.25, 0.3) is 15.9 Å². The molecule has 0 aliphatic carbocycles. The first-order valence-corrected chi connectivity index (χ1v) is 7.64. The van der Waals surface area contributed by atoms with Crippen LogP contribution in [-0.4, -0.2) is 34.7 Å². The maximum Gasteiger partial charge on any atom is 0.263 e. The summed E-state index contributed by atoms with van der Waals surface area (Å²) in [5.74, 6) is 0.00121. The van der Waals surface area contributed by atoms with E-state index in [1.807, 2.05) is 41.9 Å². The molecule has 0 N–H and O–H groups in total. The molecule has 1 aromatic carbocycles. The summed E-state index contributed by atoms with van der Waals surface area (Å²) >= 11 is 7.69. The number of halogens is 1. The van der Waals surface area contributed by atoms with Gasteiger partial charge in [0.05, 0.1) is 21.3 Å². The summed E-state index contributed by atoms with van der Waals surface area (Å²) in [5.41, 5.74) is 1.71. The van der Waals surface area contributed by atoms with Crippen LogP contribution in [0, 0.1) is 6.92 Å². The van der Waals surface area contributed by atoms with Crippen molar-refractivity contribution >= 4 is 39.1 Å². The standard InChI is InChI=1S/C15H14ClN3OS/c1-9-10-8-13(14(20)18(2)3)21-15(10)19(17-9)12-7-5-4-6-11(12)16/h4-8H,1-3H3. The zero-order chi connectivity index (χ0) is 15.1. The molecule has 21 heavy (non-hydrogen) atoms. The summed E-state index contributed by atoms with van der Waals surface area (Å²) in [6.45, 7) is 1.94. The van der Waals surface area contributed by atoms with E-state index in [9.17, 15) is 4.79 Å². The molecule has 0 bridgehead atoms. The average Bonchev–Trinajstić information content (AvgIpc) is 3.00. The van der Waals surface area contributed by atoms with E-state index in [2.05, 4.69) is 5.10 Å². The Morgan fingerprint density at radius 1 is 1.33 bits per heavy atom. The van der Waals surface area contributed by atoms with Crippen LogP contribution in [0.5, 0.6) is 0 Å². The van der Waals surface area contributed by atoms with Gasteiger partial charge in [0, 0.05) is 19.5 Å². The van der Waals surface area contributed by atoms with Crippen molar-refractivity contribution in [2.24, 2.45) is 0 Å². The van der Waals surface area contributed by atoms with Crippen molar-refractivity contribution < 1.29 is 4.79 Å². The van der Waals surface area contributed by atoms with Gasteiger partial charge in [-0.1, -0.05) is 23.7 Å². The van der Waals surface area contributed by atoms with Gasteiger partial charge in [-0.15, -0.1) is 11.3 Å². The third-order valence-electron chi connectivity index (χ3n) is 3.24. The molecule has 6 heteroatoms. The van der Waals surface area contributed by atoms with Gasteiger partial charge in [-0.2, -0.15) is 5.10 Å². The van der Waals surface area contributed by atoms with Gasteiger partial charge >= 0.3 is 0 Å². The third-order valence-corrected chi connectivity index (χ3v) is 4.66. The van der Waals surface area contributed by atoms with E-state index in [1.165, 1.54) is 11.3 Å². The minimum absolute atomic E-state index is 0.00121. The number of nitrogens with zero attached hydrogens (tertiary/aromatic N) is 3. The predicted molar refractivity (Wildman–Crippen MR) is 86.7 cm³/mol. The molecule has 0 fully saturated rings. The van der Waals surface area contributed by atoms with E-state index in [1.54, 1.807) is 19.0 Å². The lowest BCUT2D eigenvalue weighted by Crippen LogP contribution is -2.20. The third kappa shape index (κ3) is 2.32. The molecule has 0 aliphatic heterocycles. The molecule has 0 spiro atoms. The molecule has 2 aromatic heterocycles. The summed E-state index contributed by atoms with van der Waals surface area (Å²) in [5, 5.41) is 6.17. The van der Waals surface area contributed by atoms with Gasteiger partial charge in [-0.3, -0.25) is 4.79 Å². The normalized spacial score (nSPS) is 11.0. The second-order valence-electron chi connectivity index (χ2n) is 4.98. The van der Waals surface area contributed by atoms with E-state index >= 15 is 0 Å². The Morgan fingerprint density at radius 3 is 2.71 bits per heavy atom. The molecule has 0 aliphatic rings. The Kier molecular flexibility index (Phi) is 3.47. The fourth-order valence-electron chi connectivity index (χ4n) is 2.16. The minimum atomic E-state index is 0.00121. The van der Waals surface area contributed by atoms with Gasteiger partial charge < -0.3 is 4.90 Å². The molecule has 3 rings (SSSR count). The summed E-state index contributed by atoms with van der Waals surface area (Å²) in [6.07, 6.45) is 0. The van der Waals surface area contributed by atoms with Gasteiger partial charge in [-0.25, -0.2) is 4.68 Å². The van der Waals surface area contributed by atoms with Crippen molar-refractivity contribution in [3.05, 3.63) is 45.9 Å². The molecule has 1 amide bonds. The lowest BCUT2D eigenvalue weighted by molar-refractivity contribution is 0.0832. The van der Waals surface area contributed by atoms with Crippen molar-refractivity contribution in [1.82, 2.24) is 14.7 Å². The highest BCUT2D eigenvalue weighted by Gasteiger charge is 2.18. The van der Waals surface area contributed by atoms with Gasteiger partial charge in [0.25, 0.3) is 5.91 Å². The Bertz CT molecular complexity index is 835. The van der Waals surface area contributed by atoms with Crippen LogP contribution in [0.3, 0.4) is 0 Å². The number of para-hydroxylation sites is 1. The van der Waals surface area contributed by atoms with Gasteiger partial charge in [0.1, 0.15) is 4.83 Å². The monoisotopic (exact) mass is 319 g/mol. The van der Waals surface area contributed by atoms with Crippen LogP contribution in [-0.2, 0) is 0 Å². The molecule has 3 aromatic rings. The maximum absolute atomic E-state index is 12.1. The second-order valence-corrected chi connectivity index (χ2v) is 6.42. The molecule has 0 saturated heterocycles. The van der Waals surface area contributed by atoms with E-state index in [0.29, 0.717) is 9.90 Å². The number of hydrogen-bond acceptors (Lipinski definition) is 3. The largest absolute Gasteiger partial charge is 0.344 e. The van der Waals surface area contributed by atoms with Gasteiger partial charge in [-0.05, 0) is 25.1 Å². The molecule has 0 atom stereocenters. The van der Waals surface area contributed by atoms with Crippen molar-refractivity contribution in [3.63, 3.8) is 0 Å². The molecule has 2 heterocycles. The quantitative estimate of drug-likeness (QED) is 0.721. The molecule has 108 valence electrons. The first-order valence-electron chi connectivity index (χ1n) is 6.44. The highest BCUT2D eigenvalue weighted by atomic mass is 35.5. The fraction of sp³-hybridized carbons (Fsp3) is 0.200. The van der Waals surface area contributed by atoms with Crippen LogP contribution in [0.4, 0.5) is 0 Å². The SMILES string of the molecule is Cc1nn(-c2ccccc2Cl)c2sc(C(=O)N(C)C)cc12. The first-order chi connectivity index (χ1) is 9.99. The van der Waals surface area contributed by atoms with Gasteiger partial charge in [0.15, 0.2) is 0 Å². The number of benzene rings is 1. The zero-order valence-electron chi connectivity index (χ0n) is 11.9. The number of aryl methyl sites for hydroxylation is 1. The van der Waals surface area contributed by atoms with E-state index < -0.39 is 0 Å². The van der Waals surface area contributed by atoms with Crippen molar-refractivity contribution in [1.29, 1.82) is 0 Å². The molecular weight excluding hydrogens is 306 g/mol. The lowest BCUT2D eigenvalue weighted by atomic mass is 10.3. The molecule has 0 unspecified atom stereocenters. The van der Waals surface area contributed by atoms with Crippen LogP contribution < -0.4 is 0 Å². The summed E-state index contributed by atoms with van der Waals surface area (Å²) in [7, 11) is 3.50. The van der Waals surface area contributed by atoms with Crippen LogP contribution in [0.15, 0.2) is 30.3 Å². The Balaban J connectivity index is 2.21. The average molecular weight is 320 g/mol. The molecule has 0 saturated carbocycles. The zero-order valence-corrected chi connectivity index (χ0v) is 13.5. The minimum Gasteiger partial charge on any atom is -0.344 e. The molecule has 0 radical (unpaired) electrons. The number of amides is 1. The Morgan fingerprint density at radius 2 is 2.05 bits per heavy atom. The van der Waals surface area contributed by atoms with Crippen LogP contribution in [0.2, 0.25) is 5.02 Å². The number of fused-ring (bicyclic) bond motifs is 1. The number of hydrogen-bond donors (Lipinski definition) is 0. The van der Waals surface area contributed by atoms with E-state index in [-0.39, 0.29) is 5.91 Å². The Labute approximate surface area is 131 Å². The van der Waals surface area contributed by atoms with Crippen molar-refractivity contribution in [2.45, 2.75) is 6.92 Å². The lowest BCUT2D eigenvalue weighted by Gasteiger charge is -2.07. The summed E-state index contributed by atoms with van der Waals surface area (Å²) in [6, 6.07) is 9.46. The molecular formula is C15H14ClN3OS. The Hall–Kier alpha value is -1.85. The number of aromatic nitrogens is 2. The smallest absolute Gasteiger partial charge is 0.263 e. The summed E-state index contributed by atoms with van der Waals surface area (Å²) in [4.78, 5) is 15.3. The molecule has 4 nitrogen and oxygen atoms in total.